The number of halogens is 6. The highest BCUT2D eigenvalue weighted by Crippen LogP contribution is 2.37. The predicted molar refractivity (Wildman–Crippen MR) is 97.1 cm³/mol. The molecule has 2 rings (SSSR count). The molecule has 11 heteroatoms. The van der Waals surface area contributed by atoms with Crippen molar-refractivity contribution in [1.82, 2.24) is 20.6 Å². The quantitative estimate of drug-likeness (QED) is 0.656. The van der Waals surface area contributed by atoms with E-state index in [0.29, 0.717) is 18.7 Å². The standard InChI is InChI=1S/C19H18F6N4O/c1-4-26-17(30)16-15(27-5-6-28-16)11(3)29-10(2)12-7-13(18(20,21)22)9-14(8-12)19(23,24)25/h5-9,11,29H,2,4H2,1,3H3,(H,26,30). The molecular weight excluding hydrogens is 414 g/mol. The van der Waals surface area contributed by atoms with E-state index in [1.165, 1.54) is 19.3 Å². The summed E-state index contributed by atoms with van der Waals surface area (Å²) in [6, 6.07) is 0.389. The van der Waals surface area contributed by atoms with E-state index >= 15 is 0 Å². The lowest BCUT2D eigenvalue weighted by molar-refractivity contribution is -0.143. The lowest BCUT2D eigenvalue weighted by Gasteiger charge is -2.20. The smallest absolute Gasteiger partial charge is 0.377 e. The molecule has 0 fully saturated rings. The van der Waals surface area contributed by atoms with Gasteiger partial charge in [0.05, 0.1) is 22.9 Å². The maximum Gasteiger partial charge on any atom is 0.416 e. The number of hydrogen-bond donors (Lipinski definition) is 2. The number of carbonyl (C=O) groups excluding carboxylic acids is 1. The summed E-state index contributed by atoms with van der Waals surface area (Å²) < 4.78 is 78.4. The van der Waals surface area contributed by atoms with E-state index in [-0.39, 0.29) is 23.2 Å². The Morgan fingerprint density at radius 2 is 1.57 bits per heavy atom. The van der Waals surface area contributed by atoms with Crippen LogP contribution >= 0.6 is 0 Å². The minimum atomic E-state index is -4.97. The molecule has 2 aromatic rings. The summed E-state index contributed by atoms with van der Waals surface area (Å²) in [5, 5.41) is 5.24. The molecule has 30 heavy (non-hydrogen) atoms. The van der Waals surface area contributed by atoms with Crippen molar-refractivity contribution in [2.24, 2.45) is 0 Å². The average molecular weight is 432 g/mol. The largest absolute Gasteiger partial charge is 0.416 e. The van der Waals surface area contributed by atoms with Crippen LogP contribution in [0.4, 0.5) is 26.3 Å². The SMILES string of the molecule is C=C(NC(C)c1nccnc1C(=O)NCC)c1cc(C(F)(F)F)cc(C(F)(F)F)c1. The fraction of sp³-hybridized carbons (Fsp3) is 0.316. The summed E-state index contributed by atoms with van der Waals surface area (Å²) in [7, 11) is 0. The van der Waals surface area contributed by atoms with Gasteiger partial charge >= 0.3 is 12.4 Å². The van der Waals surface area contributed by atoms with Crippen LogP contribution in [0.3, 0.4) is 0 Å². The van der Waals surface area contributed by atoms with Crippen molar-refractivity contribution in [2.75, 3.05) is 6.54 Å². The molecule has 0 bridgehead atoms. The molecule has 1 amide bonds. The Labute approximate surface area is 168 Å². The molecule has 1 aromatic heterocycles. The zero-order valence-electron chi connectivity index (χ0n) is 15.9. The molecule has 0 aliphatic carbocycles. The van der Waals surface area contributed by atoms with Gasteiger partial charge in [-0.05, 0) is 37.6 Å². The number of alkyl halides is 6. The molecule has 0 aliphatic heterocycles. The zero-order valence-corrected chi connectivity index (χ0v) is 15.9. The van der Waals surface area contributed by atoms with Crippen molar-refractivity contribution in [3.63, 3.8) is 0 Å². The third-order valence-corrected chi connectivity index (χ3v) is 4.02. The lowest BCUT2D eigenvalue weighted by atomic mass is 10.0. The van der Waals surface area contributed by atoms with E-state index in [1.807, 2.05) is 0 Å². The monoisotopic (exact) mass is 432 g/mol. The minimum absolute atomic E-state index is 0.0211. The van der Waals surface area contributed by atoms with Gasteiger partial charge in [-0.3, -0.25) is 9.78 Å². The maximum absolute atomic E-state index is 13.1. The minimum Gasteiger partial charge on any atom is -0.377 e. The van der Waals surface area contributed by atoms with Gasteiger partial charge in [-0.25, -0.2) is 4.98 Å². The van der Waals surface area contributed by atoms with Crippen molar-refractivity contribution < 1.29 is 31.1 Å². The van der Waals surface area contributed by atoms with E-state index in [1.54, 1.807) is 6.92 Å². The van der Waals surface area contributed by atoms with Crippen LogP contribution in [0, 0.1) is 0 Å². The van der Waals surface area contributed by atoms with Crippen molar-refractivity contribution in [1.29, 1.82) is 0 Å². The molecule has 1 unspecified atom stereocenters. The molecule has 1 aromatic carbocycles. The normalized spacial score (nSPS) is 12.9. The number of carbonyl (C=O) groups is 1. The first kappa shape index (κ1) is 23.2. The first-order valence-corrected chi connectivity index (χ1v) is 8.69. The Morgan fingerprint density at radius 1 is 1.03 bits per heavy atom. The van der Waals surface area contributed by atoms with E-state index < -0.39 is 41.0 Å². The summed E-state index contributed by atoms with van der Waals surface area (Å²) in [6.45, 7) is 7.10. The van der Waals surface area contributed by atoms with Gasteiger partial charge in [-0.2, -0.15) is 26.3 Å². The Bertz CT molecular complexity index is 907. The van der Waals surface area contributed by atoms with Gasteiger partial charge in [0.25, 0.3) is 5.91 Å². The summed E-state index contributed by atoms with van der Waals surface area (Å²) in [6.07, 6.45) is -7.35. The number of benzene rings is 1. The number of nitrogens with zero attached hydrogens (tertiary/aromatic N) is 2. The van der Waals surface area contributed by atoms with Crippen LogP contribution in [-0.2, 0) is 12.4 Å². The summed E-state index contributed by atoms with van der Waals surface area (Å²) >= 11 is 0. The van der Waals surface area contributed by atoms with Gasteiger partial charge < -0.3 is 10.6 Å². The van der Waals surface area contributed by atoms with Crippen LogP contribution in [-0.4, -0.2) is 22.4 Å². The van der Waals surface area contributed by atoms with Gasteiger partial charge in [0.1, 0.15) is 0 Å². The topological polar surface area (TPSA) is 66.9 Å². The van der Waals surface area contributed by atoms with E-state index in [9.17, 15) is 31.1 Å². The van der Waals surface area contributed by atoms with E-state index in [2.05, 4.69) is 27.2 Å². The van der Waals surface area contributed by atoms with Gasteiger partial charge in [0, 0.05) is 24.6 Å². The third-order valence-electron chi connectivity index (χ3n) is 4.02. The lowest BCUT2D eigenvalue weighted by Crippen LogP contribution is -2.28. The van der Waals surface area contributed by atoms with Crippen molar-refractivity contribution in [3.8, 4) is 0 Å². The summed E-state index contributed by atoms with van der Waals surface area (Å²) in [4.78, 5) is 20.1. The molecule has 5 nitrogen and oxygen atoms in total. The Kier molecular flexibility index (Phi) is 6.73. The summed E-state index contributed by atoms with van der Waals surface area (Å²) in [5.41, 5.74) is -3.37. The zero-order chi connectivity index (χ0) is 22.7. The van der Waals surface area contributed by atoms with Crippen molar-refractivity contribution in [2.45, 2.75) is 32.2 Å². The highest BCUT2D eigenvalue weighted by Gasteiger charge is 2.37. The molecular formula is C19H18F6N4O. The van der Waals surface area contributed by atoms with Crippen LogP contribution in [0.5, 0.6) is 0 Å². The average Bonchev–Trinajstić information content (AvgIpc) is 2.66. The molecule has 2 N–H and O–H groups in total. The molecule has 1 atom stereocenters. The number of hydrogen-bond acceptors (Lipinski definition) is 4. The first-order chi connectivity index (χ1) is 13.8. The van der Waals surface area contributed by atoms with Gasteiger partial charge in [-0.15, -0.1) is 0 Å². The molecule has 1 heterocycles. The highest BCUT2D eigenvalue weighted by molar-refractivity contribution is 5.93. The van der Waals surface area contributed by atoms with Crippen LogP contribution in [0.2, 0.25) is 0 Å². The molecule has 0 aliphatic rings. The van der Waals surface area contributed by atoms with Crippen LogP contribution < -0.4 is 10.6 Å². The Hall–Kier alpha value is -3.11. The van der Waals surface area contributed by atoms with Crippen LogP contribution in [0.1, 0.15) is 52.8 Å². The number of nitrogens with one attached hydrogen (secondary N) is 2. The second kappa shape index (κ2) is 8.72. The van der Waals surface area contributed by atoms with Gasteiger partial charge in [0.2, 0.25) is 0 Å². The molecule has 0 radical (unpaired) electrons. The fourth-order valence-corrected chi connectivity index (χ4v) is 2.63. The van der Waals surface area contributed by atoms with Crippen molar-refractivity contribution >= 4 is 11.6 Å². The number of amides is 1. The molecule has 0 saturated heterocycles. The highest BCUT2D eigenvalue weighted by atomic mass is 19.4. The van der Waals surface area contributed by atoms with Gasteiger partial charge in [-0.1, -0.05) is 6.58 Å². The van der Waals surface area contributed by atoms with E-state index in [0.717, 1.165) is 0 Å². The molecule has 162 valence electrons. The van der Waals surface area contributed by atoms with Crippen molar-refractivity contribution in [3.05, 3.63) is 65.2 Å². The van der Waals surface area contributed by atoms with Gasteiger partial charge in [0.15, 0.2) is 5.69 Å². The molecule has 0 spiro atoms. The second-order valence-electron chi connectivity index (χ2n) is 6.29. The second-order valence-corrected chi connectivity index (χ2v) is 6.29. The first-order valence-electron chi connectivity index (χ1n) is 8.69. The number of aromatic nitrogens is 2. The predicted octanol–water partition coefficient (Wildman–Crippen LogP) is 4.59. The maximum atomic E-state index is 13.1. The molecule has 0 saturated carbocycles. The number of rotatable bonds is 6. The Morgan fingerprint density at radius 3 is 2.07 bits per heavy atom. The third kappa shape index (κ3) is 5.49. The van der Waals surface area contributed by atoms with Crippen LogP contribution in [0.25, 0.3) is 5.70 Å². The summed E-state index contributed by atoms with van der Waals surface area (Å²) in [5.74, 6) is -0.515. The fourth-order valence-electron chi connectivity index (χ4n) is 2.63. The van der Waals surface area contributed by atoms with E-state index in [4.69, 9.17) is 0 Å². The Balaban J connectivity index is 2.38. The van der Waals surface area contributed by atoms with Crippen LogP contribution in [0.15, 0.2) is 37.2 Å².